The third kappa shape index (κ3) is 2.86. The van der Waals surface area contributed by atoms with E-state index in [2.05, 4.69) is 16.4 Å². The molecule has 0 atom stereocenters. The second-order valence-electron chi connectivity index (χ2n) is 5.39. The molecule has 0 unspecified atom stereocenters. The number of pyridine rings is 1. The van der Waals surface area contributed by atoms with Crippen LogP contribution in [0.5, 0.6) is 0 Å². The van der Waals surface area contributed by atoms with Gasteiger partial charge in [-0.2, -0.15) is 5.26 Å². The predicted molar refractivity (Wildman–Crippen MR) is 85.1 cm³/mol. The van der Waals surface area contributed by atoms with Crippen molar-refractivity contribution in [2.24, 2.45) is 0 Å². The normalized spacial score (nSPS) is 13.4. The Kier molecular flexibility index (Phi) is 3.81. The Bertz CT molecular complexity index is 732. The van der Waals surface area contributed by atoms with Crippen LogP contribution in [0.25, 0.3) is 0 Å². The second kappa shape index (κ2) is 5.75. The summed E-state index contributed by atoms with van der Waals surface area (Å²) in [6.45, 7) is 2.00. The minimum absolute atomic E-state index is 0.593. The van der Waals surface area contributed by atoms with Crippen molar-refractivity contribution in [1.29, 1.82) is 5.26 Å². The first-order valence-electron chi connectivity index (χ1n) is 7.13. The molecule has 2 aromatic rings. The molecule has 0 fully saturated rings. The molecule has 0 radical (unpaired) electrons. The standard InChI is InChI=1S/C17H16ClN3/c1-11-6-7-14(18)9-16(11)21-17-13(10-19)8-12-4-2-3-5-15(12)20-17/h6-9H,2-5H2,1H3,(H,20,21). The lowest BCUT2D eigenvalue weighted by molar-refractivity contribution is 0.668. The minimum Gasteiger partial charge on any atom is -0.339 e. The zero-order valence-corrected chi connectivity index (χ0v) is 12.7. The van der Waals surface area contributed by atoms with Gasteiger partial charge >= 0.3 is 0 Å². The van der Waals surface area contributed by atoms with Crippen LogP contribution in [0.3, 0.4) is 0 Å². The lowest BCUT2D eigenvalue weighted by atomic mass is 9.95. The summed E-state index contributed by atoms with van der Waals surface area (Å²) in [6.07, 6.45) is 4.36. The van der Waals surface area contributed by atoms with E-state index >= 15 is 0 Å². The molecular weight excluding hydrogens is 282 g/mol. The summed E-state index contributed by atoms with van der Waals surface area (Å²) in [6, 6.07) is 9.89. The third-order valence-corrected chi connectivity index (χ3v) is 4.11. The molecule has 21 heavy (non-hydrogen) atoms. The number of nitrogens with one attached hydrogen (secondary N) is 1. The molecule has 0 saturated heterocycles. The summed E-state index contributed by atoms with van der Waals surface area (Å²) >= 11 is 6.05. The van der Waals surface area contributed by atoms with Crippen molar-refractivity contribution in [2.75, 3.05) is 5.32 Å². The van der Waals surface area contributed by atoms with Gasteiger partial charge in [-0.05, 0) is 61.9 Å². The molecule has 1 N–H and O–H groups in total. The van der Waals surface area contributed by atoms with Gasteiger partial charge in [0.05, 0.1) is 5.56 Å². The smallest absolute Gasteiger partial charge is 0.148 e. The summed E-state index contributed by atoms with van der Waals surface area (Å²) in [5.41, 5.74) is 4.88. The zero-order chi connectivity index (χ0) is 14.8. The lowest BCUT2D eigenvalue weighted by Gasteiger charge is -2.18. The number of nitriles is 1. The first kappa shape index (κ1) is 13.9. The minimum atomic E-state index is 0.593. The molecule has 1 aromatic carbocycles. The maximum atomic E-state index is 9.37. The molecule has 4 heteroatoms. The van der Waals surface area contributed by atoms with Gasteiger partial charge < -0.3 is 5.32 Å². The fourth-order valence-corrected chi connectivity index (χ4v) is 2.84. The molecule has 3 rings (SSSR count). The highest BCUT2D eigenvalue weighted by Gasteiger charge is 2.15. The van der Waals surface area contributed by atoms with E-state index in [0.29, 0.717) is 16.4 Å². The molecule has 106 valence electrons. The van der Waals surface area contributed by atoms with E-state index in [-0.39, 0.29) is 0 Å². The quantitative estimate of drug-likeness (QED) is 0.885. The van der Waals surface area contributed by atoms with Gasteiger partial charge in [0, 0.05) is 16.4 Å². The highest BCUT2D eigenvalue weighted by Crippen LogP contribution is 2.28. The monoisotopic (exact) mass is 297 g/mol. The van der Waals surface area contributed by atoms with Gasteiger partial charge in [-0.25, -0.2) is 4.98 Å². The summed E-state index contributed by atoms with van der Waals surface area (Å²) in [5.74, 6) is 0.628. The first-order valence-corrected chi connectivity index (χ1v) is 7.51. The van der Waals surface area contributed by atoms with Crippen LogP contribution in [0.4, 0.5) is 11.5 Å². The van der Waals surface area contributed by atoms with Crippen LogP contribution >= 0.6 is 11.6 Å². The van der Waals surface area contributed by atoms with E-state index in [9.17, 15) is 5.26 Å². The maximum Gasteiger partial charge on any atom is 0.148 e. The number of fused-ring (bicyclic) bond motifs is 1. The maximum absolute atomic E-state index is 9.37. The number of aryl methyl sites for hydroxylation is 3. The topological polar surface area (TPSA) is 48.7 Å². The summed E-state index contributed by atoms with van der Waals surface area (Å²) < 4.78 is 0. The highest BCUT2D eigenvalue weighted by atomic mass is 35.5. The Morgan fingerprint density at radius 2 is 2.05 bits per heavy atom. The Labute approximate surface area is 129 Å². The summed E-state index contributed by atoms with van der Waals surface area (Å²) in [7, 11) is 0. The van der Waals surface area contributed by atoms with E-state index in [0.717, 1.165) is 29.8 Å². The van der Waals surface area contributed by atoms with Crippen LogP contribution in [0.15, 0.2) is 24.3 Å². The highest BCUT2D eigenvalue weighted by molar-refractivity contribution is 6.30. The van der Waals surface area contributed by atoms with Crippen LogP contribution < -0.4 is 5.32 Å². The fraction of sp³-hybridized carbons (Fsp3) is 0.294. The number of halogens is 1. The second-order valence-corrected chi connectivity index (χ2v) is 5.83. The molecule has 1 aromatic heterocycles. The molecule has 0 bridgehead atoms. The molecule has 0 spiro atoms. The first-order chi connectivity index (χ1) is 10.2. The van der Waals surface area contributed by atoms with Gasteiger partial charge in [0.2, 0.25) is 0 Å². The van der Waals surface area contributed by atoms with Crippen molar-refractivity contribution in [1.82, 2.24) is 4.98 Å². The molecule has 1 aliphatic carbocycles. The average molecular weight is 298 g/mol. The van der Waals surface area contributed by atoms with Crippen molar-refractivity contribution < 1.29 is 0 Å². The van der Waals surface area contributed by atoms with Gasteiger partial charge in [-0.1, -0.05) is 17.7 Å². The van der Waals surface area contributed by atoms with Crippen LogP contribution in [-0.4, -0.2) is 4.98 Å². The van der Waals surface area contributed by atoms with Gasteiger partial charge in [-0.3, -0.25) is 0 Å². The van der Waals surface area contributed by atoms with Gasteiger partial charge in [0.25, 0.3) is 0 Å². The number of aromatic nitrogens is 1. The van der Waals surface area contributed by atoms with Crippen LogP contribution in [0.2, 0.25) is 5.02 Å². The molecule has 0 amide bonds. The number of anilines is 2. The van der Waals surface area contributed by atoms with Crippen LogP contribution in [0.1, 0.15) is 35.2 Å². The number of nitrogens with zero attached hydrogens (tertiary/aromatic N) is 2. The average Bonchev–Trinajstić information content (AvgIpc) is 2.50. The lowest BCUT2D eigenvalue weighted by Crippen LogP contribution is -2.09. The van der Waals surface area contributed by atoms with E-state index < -0.39 is 0 Å². The van der Waals surface area contributed by atoms with Crippen molar-refractivity contribution in [3.05, 3.63) is 51.7 Å². The summed E-state index contributed by atoms with van der Waals surface area (Å²) in [5, 5.41) is 13.3. The third-order valence-electron chi connectivity index (χ3n) is 3.87. The van der Waals surface area contributed by atoms with Gasteiger partial charge in [0.1, 0.15) is 11.9 Å². The van der Waals surface area contributed by atoms with Gasteiger partial charge in [-0.15, -0.1) is 0 Å². The molecule has 1 aliphatic rings. The van der Waals surface area contributed by atoms with Crippen molar-refractivity contribution in [3.63, 3.8) is 0 Å². The van der Waals surface area contributed by atoms with Crippen molar-refractivity contribution >= 4 is 23.1 Å². The number of hydrogen-bond acceptors (Lipinski definition) is 3. The van der Waals surface area contributed by atoms with Crippen LogP contribution in [-0.2, 0) is 12.8 Å². The molecular formula is C17H16ClN3. The van der Waals surface area contributed by atoms with Crippen LogP contribution in [0, 0.1) is 18.3 Å². The Hall–Kier alpha value is -2.05. The van der Waals surface area contributed by atoms with E-state index in [4.69, 9.17) is 11.6 Å². The molecule has 0 aliphatic heterocycles. The molecule has 0 saturated carbocycles. The van der Waals surface area contributed by atoms with Gasteiger partial charge in [0.15, 0.2) is 0 Å². The number of hydrogen-bond donors (Lipinski definition) is 1. The predicted octanol–water partition coefficient (Wildman–Crippen LogP) is 4.54. The van der Waals surface area contributed by atoms with Crippen molar-refractivity contribution in [3.8, 4) is 6.07 Å². The number of rotatable bonds is 2. The van der Waals surface area contributed by atoms with E-state index in [1.54, 1.807) is 0 Å². The zero-order valence-electron chi connectivity index (χ0n) is 11.9. The Balaban J connectivity index is 2.02. The molecule has 3 nitrogen and oxygen atoms in total. The van der Waals surface area contributed by atoms with Crippen molar-refractivity contribution in [2.45, 2.75) is 32.6 Å². The Morgan fingerprint density at radius 1 is 1.24 bits per heavy atom. The van der Waals surface area contributed by atoms with E-state index in [1.807, 2.05) is 31.2 Å². The SMILES string of the molecule is Cc1ccc(Cl)cc1Nc1nc2c(cc1C#N)CCCC2. The fourth-order valence-electron chi connectivity index (χ4n) is 2.67. The number of benzene rings is 1. The summed E-state index contributed by atoms with van der Waals surface area (Å²) in [4.78, 5) is 4.67. The largest absolute Gasteiger partial charge is 0.339 e. The van der Waals surface area contributed by atoms with E-state index in [1.165, 1.54) is 18.4 Å². The Morgan fingerprint density at radius 3 is 2.86 bits per heavy atom. The molecule has 1 heterocycles.